The lowest BCUT2D eigenvalue weighted by atomic mass is 9.82. The van der Waals surface area contributed by atoms with Crippen LogP contribution in [0, 0.1) is 8.99 Å². The first-order valence-electron chi connectivity index (χ1n) is 5.98. The van der Waals surface area contributed by atoms with E-state index < -0.39 is 0 Å². The maximum Gasteiger partial charge on any atom is 0.231 e. The Labute approximate surface area is 126 Å². The van der Waals surface area contributed by atoms with Crippen LogP contribution in [0.25, 0.3) is 0 Å². The van der Waals surface area contributed by atoms with Crippen molar-refractivity contribution in [3.8, 4) is 0 Å². The topological polar surface area (TPSA) is 41.1 Å². The molecule has 0 saturated carbocycles. The zero-order chi connectivity index (χ0) is 13.2. The SMILES string of the molecule is CC1(C(=O)Nc2ccc(Cl)cc2I)CCCNC1. The average molecular weight is 379 g/mol. The Kier molecular flexibility index (Phi) is 4.50. The molecular weight excluding hydrogens is 363 g/mol. The lowest BCUT2D eigenvalue weighted by Gasteiger charge is -2.32. The van der Waals surface area contributed by atoms with Crippen molar-refractivity contribution >= 4 is 45.8 Å². The highest BCUT2D eigenvalue weighted by molar-refractivity contribution is 14.1. The van der Waals surface area contributed by atoms with Crippen molar-refractivity contribution in [1.29, 1.82) is 0 Å². The summed E-state index contributed by atoms with van der Waals surface area (Å²) in [7, 11) is 0. The molecule has 1 saturated heterocycles. The molecule has 0 spiro atoms. The summed E-state index contributed by atoms with van der Waals surface area (Å²) in [5.41, 5.74) is 0.512. The Morgan fingerprint density at radius 2 is 2.33 bits per heavy atom. The molecule has 1 unspecified atom stereocenters. The highest BCUT2D eigenvalue weighted by Crippen LogP contribution is 2.29. The number of rotatable bonds is 2. The van der Waals surface area contributed by atoms with Gasteiger partial charge in [0.1, 0.15) is 0 Å². The number of nitrogens with one attached hydrogen (secondary N) is 2. The van der Waals surface area contributed by atoms with Gasteiger partial charge in [0.05, 0.1) is 11.1 Å². The number of hydrogen-bond donors (Lipinski definition) is 2. The maximum absolute atomic E-state index is 12.3. The van der Waals surface area contributed by atoms with Crippen LogP contribution < -0.4 is 10.6 Å². The van der Waals surface area contributed by atoms with E-state index in [0.717, 1.165) is 35.2 Å². The van der Waals surface area contributed by atoms with Crippen molar-refractivity contribution in [2.75, 3.05) is 18.4 Å². The van der Waals surface area contributed by atoms with E-state index in [1.165, 1.54) is 0 Å². The van der Waals surface area contributed by atoms with Crippen LogP contribution in [0.15, 0.2) is 18.2 Å². The molecule has 98 valence electrons. The smallest absolute Gasteiger partial charge is 0.231 e. The number of hydrogen-bond acceptors (Lipinski definition) is 2. The quantitative estimate of drug-likeness (QED) is 0.776. The number of carbonyl (C=O) groups is 1. The molecular formula is C13H16ClIN2O. The van der Waals surface area contributed by atoms with Crippen LogP contribution in [0.2, 0.25) is 5.02 Å². The minimum absolute atomic E-state index is 0.0786. The number of carbonyl (C=O) groups excluding carboxylic acids is 1. The van der Waals surface area contributed by atoms with Gasteiger partial charge in [-0.25, -0.2) is 0 Å². The number of anilines is 1. The third-order valence-electron chi connectivity index (χ3n) is 3.32. The maximum atomic E-state index is 12.3. The summed E-state index contributed by atoms with van der Waals surface area (Å²) in [5.74, 6) is 0.0786. The van der Waals surface area contributed by atoms with Gasteiger partial charge >= 0.3 is 0 Å². The van der Waals surface area contributed by atoms with E-state index in [1.54, 1.807) is 6.07 Å². The first kappa shape index (κ1) is 14.1. The van der Waals surface area contributed by atoms with Gasteiger partial charge in [0, 0.05) is 15.1 Å². The fraction of sp³-hybridized carbons (Fsp3) is 0.462. The minimum atomic E-state index is -0.318. The molecule has 3 nitrogen and oxygen atoms in total. The van der Waals surface area contributed by atoms with Crippen LogP contribution in [0.3, 0.4) is 0 Å². The predicted octanol–water partition coefficient (Wildman–Crippen LogP) is 3.27. The number of halogens is 2. The van der Waals surface area contributed by atoms with E-state index in [1.807, 2.05) is 19.1 Å². The molecule has 2 rings (SSSR count). The van der Waals surface area contributed by atoms with Gasteiger partial charge in [0.25, 0.3) is 0 Å². The van der Waals surface area contributed by atoms with Crippen LogP contribution in [-0.4, -0.2) is 19.0 Å². The van der Waals surface area contributed by atoms with E-state index >= 15 is 0 Å². The predicted molar refractivity (Wildman–Crippen MR) is 83.0 cm³/mol. The Balaban J connectivity index is 2.11. The molecule has 1 aliphatic heterocycles. The van der Waals surface area contributed by atoms with Crippen molar-refractivity contribution in [1.82, 2.24) is 5.32 Å². The molecule has 2 N–H and O–H groups in total. The molecule has 1 aliphatic rings. The van der Waals surface area contributed by atoms with Gasteiger partial charge in [-0.3, -0.25) is 4.79 Å². The summed E-state index contributed by atoms with van der Waals surface area (Å²) in [4.78, 5) is 12.3. The molecule has 1 aromatic rings. The zero-order valence-electron chi connectivity index (χ0n) is 10.2. The third-order valence-corrected chi connectivity index (χ3v) is 4.45. The Morgan fingerprint density at radius 3 is 2.94 bits per heavy atom. The molecule has 0 aromatic heterocycles. The van der Waals surface area contributed by atoms with Gasteiger partial charge in [-0.15, -0.1) is 0 Å². The van der Waals surface area contributed by atoms with E-state index in [9.17, 15) is 4.79 Å². The lowest BCUT2D eigenvalue weighted by molar-refractivity contribution is -0.125. The molecule has 5 heteroatoms. The molecule has 1 fully saturated rings. The number of amides is 1. The zero-order valence-corrected chi connectivity index (χ0v) is 13.1. The van der Waals surface area contributed by atoms with Gasteiger partial charge in [0.2, 0.25) is 5.91 Å². The second kappa shape index (κ2) is 5.75. The largest absolute Gasteiger partial charge is 0.325 e. The molecule has 1 atom stereocenters. The van der Waals surface area contributed by atoms with Crippen LogP contribution in [0.5, 0.6) is 0 Å². The Hall–Kier alpha value is -0.330. The van der Waals surface area contributed by atoms with Gasteiger partial charge in [-0.2, -0.15) is 0 Å². The van der Waals surface area contributed by atoms with Crippen LogP contribution in [0.4, 0.5) is 5.69 Å². The summed E-state index contributed by atoms with van der Waals surface area (Å²) in [6.07, 6.45) is 1.97. The second-order valence-electron chi connectivity index (χ2n) is 4.92. The highest BCUT2D eigenvalue weighted by atomic mass is 127. The van der Waals surface area contributed by atoms with Gasteiger partial charge < -0.3 is 10.6 Å². The molecule has 1 aromatic carbocycles. The monoisotopic (exact) mass is 378 g/mol. The number of piperidine rings is 1. The van der Waals surface area contributed by atoms with Crippen molar-refractivity contribution in [3.63, 3.8) is 0 Å². The first-order valence-corrected chi connectivity index (χ1v) is 7.44. The fourth-order valence-corrected chi connectivity index (χ4v) is 3.12. The van der Waals surface area contributed by atoms with E-state index in [2.05, 4.69) is 33.2 Å². The highest BCUT2D eigenvalue weighted by Gasteiger charge is 2.34. The molecule has 0 aliphatic carbocycles. The second-order valence-corrected chi connectivity index (χ2v) is 6.52. The Morgan fingerprint density at radius 1 is 1.56 bits per heavy atom. The van der Waals surface area contributed by atoms with Gasteiger partial charge in [0.15, 0.2) is 0 Å². The average Bonchev–Trinajstić information content (AvgIpc) is 2.33. The fourth-order valence-electron chi connectivity index (χ4n) is 2.11. The van der Waals surface area contributed by atoms with Crippen LogP contribution in [0.1, 0.15) is 19.8 Å². The third kappa shape index (κ3) is 3.16. The molecule has 0 radical (unpaired) electrons. The summed E-state index contributed by atoms with van der Waals surface area (Å²) >= 11 is 8.08. The normalized spacial score (nSPS) is 23.7. The summed E-state index contributed by atoms with van der Waals surface area (Å²) < 4.78 is 0.959. The van der Waals surface area contributed by atoms with Crippen molar-refractivity contribution in [3.05, 3.63) is 26.8 Å². The standard InChI is InChI=1S/C13H16ClIN2O/c1-13(5-2-6-16-8-13)12(18)17-11-4-3-9(14)7-10(11)15/h3-4,7,16H,2,5-6,8H2,1H3,(H,17,18). The molecule has 1 heterocycles. The first-order chi connectivity index (χ1) is 8.51. The number of benzene rings is 1. The van der Waals surface area contributed by atoms with E-state index in [4.69, 9.17) is 11.6 Å². The lowest BCUT2D eigenvalue weighted by Crippen LogP contribution is -2.46. The van der Waals surface area contributed by atoms with Crippen LogP contribution >= 0.6 is 34.2 Å². The van der Waals surface area contributed by atoms with Crippen molar-refractivity contribution in [2.24, 2.45) is 5.41 Å². The summed E-state index contributed by atoms with van der Waals surface area (Å²) in [6, 6.07) is 5.49. The van der Waals surface area contributed by atoms with E-state index in [-0.39, 0.29) is 11.3 Å². The molecule has 18 heavy (non-hydrogen) atoms. The summed E-state index contributed by atoms with van der Waals surface area (Å²) in [6.45, 7) is 3.75. The van der Waals surface area contributed by atoms with Crippen LogP contribution in [-0.2, 0) is 4.79 Å². The van der Waals surface area contributed by atoms with Gasteiger partial charge in [-0.05, 0) is 67.1 Å². The summed E-state index contributed by atoms with van der Waals surface area (Å²) in [5, 5.41) is 6.97. The van der Waals surface area contributed by atoms with Crippen molar-refractivity contribution < 1.29 is 4.79 Å². The Bertz CT molecular complexity index is 458. The minimum Gasteiger partial charge on any atom is -0.325 e. The molecule has 0 bridgehead atoms. The van der Waals surface area contributed by atoms with E-state index in [0.29, 0.717) is 5.02 Å². The van der Waals surface area contributed by atoms with Gasteiger partial charge in [-0.1, -0.05) is 11.6 Å². The van der Waals surface area contributed by atoms with Crippen molar-refractivity contribution in [2.45, 2.75) is 19.8 Å². The molecule has 1 amide bonds.